The lowest BCUT2D eigenvalue weighted by Crippen LogP contribution is -2.50. The van der Waals surface area contributed by atoms with Crippen molar-refractivity contribution in [3.8, 4) is 0 Å². The first-order chi connectivity index (χ1) is 13.5. The molecule has 0 saturated carbocycles. The van der Waals surface area contributed by atoms with Crippen LogP contribution in [0.4, 0.5) is 0 Å². The molecule has 0 bridgehead atoms. The predicted octanol–water partition coefficient (Wildman–Crippen LogP) is 2.97. The van der Waals surface area contributed by atoms with Gasteiger partial charge in [-0.05, 0) is 45.7 Å². The maximum atomic E-state index is 12.8. The summed E-state index contributed by atoms with van der Waals surface area (Å²) in [6.45, 7) is 21.2. The Morgan fingerprint density at radius 1 is 1.14 bits per heavy atom. The van der Waals surface area contributed by atoms with E-state index >= 15 is 0 Å². The second kappa shape index (κ2) is 9.46. The Bertz CT molecular complexity index is 738. The second-order valence-corrected chi connectivity index (χ2v) is 8.69. The van der Waals surface area contributed by atoms with Crippen molar-refractivity contribution in [2.45, 2.75) is 52.7 Å². The molecule has 6 heteroatoms. The van der Waals surface area contributed by atoms with Crippen LogP contribution in [0, 0.1) is 13.8 Å². The highest BCUT2D eigenvalue weighted by molar-refractivity contribution is 5.77. The third-order valence-electron chi connectivity index (χ3n) is 5.19. The predicted molar refractivity (Wildman–Crippen MR) is 119 cm³/mol. The van der Waals surface area contributed by atoms with Gasteiger partial charge in [0.1, 0.15) is 11.4 Å². The Hall–Kier alpha value is -2.31. The maximum Gasteiger partial charge on any atom is 0.224 e. The number of benzene rings is 1. The molecule has 0 spiro atoms. The van der Waals surface area contributed by atoms with E-state index in [1.165, 1.54) is 16.7 Å². The Labute approximate surface area is 175 Å². The fourth-order valence-corrected chi connectivity index (χ4v) is 3.69. The number of nitrogens with one attached hydrogen (secondary N) is 1. The second-order valence-electron chi connectivity index (χ2n) is 8.69. The van der Waals surface area contributed by atoms with Crippen molar-refractivity contribution in [3.05, 3.63) is 53.8 Å². The number of piperazine rings is 1. The number of nitrogens with two attached hydrogens (primary N) is 1. The van der Waals surface area contributed by atoms with Gasteiger partial charge in [0.2, 0.25) is 5.91 Å². The number of rotatable bonds is 7. The van der Waals surface area contributed by atoms with Gasteiger partial charge < -0.3 is 14.5 Å². The van der Waals surface area contributed by atoms with Crippen molar-refractivity contribution < 1.29 is 9.53 Å². The van der Waals surface area contributed by atoms with E-state index in [4.69, 9.17) is 10.6 Å². The van der Waals surface area contributed by atoms with Gasteiger partial charge in [0.05, 0.1) is 12.5 Å². The van der Waals surface area contributed by atoms with Crippen LogP contribution in [0.2, 0.25) is 0 Å². The lowest BCUT2D eigenvalue weighted by molar-refractivity contribution is -0.133. The fourth-order valence-electron chi connectivity index (χ4n) is 3.69. The summed E-state index contributed by atoms with van der Waals surface area (Å²) in [6.07, 6.45) is 0.225. The molecule has 2 rings (SSSR count). The van der Waals surface area contributed by atoms with Gasteiger partial charge in [-0.2, -0.15) is 0 Å². The average molecular weight is 401 g/mol. The minimum atomic E-state index is -0.413. The molecule has 1 aromatic rings. The van der Waals surface area contributed by atoms with Crippen molar-refractivity contribution in [1.82, 2.24) is 15.2 Å². The van der Waals surface area contributed by atoms with Crippen molar-refractivity contribution in [1.29, 1.82) is 0 Å². The molecule has 6 nitrogen and oxygen atoms in total. The number of hydrogen-bond donors (Lipinski definition) is 2. The van der Waals surface area contributed by atoms with E-state index < -0.39 is 6.04 Å². The molecule has 1 atom stereocenters. The summed E-state index contributed by atoms with van der Waals surface area (Å²) in [5.41, 5.74) is 6.96. The molecule has 1 amide bonds. The molecule has 1 aliphatic heterocycles. The van der Waals surface area contributed by atoms with Crippen LogP contribution < -0.4 is 11.3 Å². The molecular weight excluding hydrogens is 364 g/mol. The Balaban J connectivity index is 1.93. The number of amides is 1. The molecule has 1 aromatic carbocycles. The van der Waals surface area contributed by atoms with Crippen molar-refractivity contribution in [3.63, 3.8) is 0 Å². The first-order valence-corrected chi connectivity index (χ1v) is 10.2. The Morgan fingerprint density at radius 2 is 1.66 bits per heavy atom. The van der Waals surface area contributed by atoms with Crippen LogP contribution in [0.3, 0.4) is 0 Å². The van der Waals surface area contributed by atoms with E-state index in [-0.39, 0.29) is 17.9 Å². The van der Waals surface area contributed by atoms with Crippen LogP contribution in [0.15, 0.2) is 37.1 Å². The molecule has 1 saturated heterocycles. The lowest BCUT2D eigenvalue weighted by Gasteiger charge is -2.38. The van der Waals surface area contributed by atoms with Gasteiger partial charge in [0.25, 0.3) is 0 Å². The molecule has 29 heavy (non-hydrogen) atoms. The third-order valence-corrected chi connectivity index (χ3v) is 5.19. The maximum absolute atomic E-state index is 12.8. The zero-order chi connectivity index (χ0) is 21.8. The normalized spacial score (nSPS) is 15.8. The van der Waals surface area contributed by atoms with E-state index in [1.54, 1.807) is 0 Å². The lowest BCUT2D eigenvalue weighted by atomic mass is 9.99. The highest BCUT2D eigenvalue weighted by Gasteiger charge is 2.27. The summed E-state index contributed by atoms with van der Waals surface area (Å²) >= 11 is 0. The van der Waals surface area contributed by atoms with Gasteiger partial charge >= 0.3 is 0 Å². The summed E-state index contributed by atoms with van der Waals surface area (Å²) in [5.74, 6) is 6.17. The van der Waals surface area contributed by atoms with Crippen LogP contribution in [0.1, 0.15) is 43.9 Å². The topological polar surface area (TPSA) is 70.8 Å². The van der Waals surface area contributed by atoms with Crippen molar-refractivity contribution >= 4 is 11.6 Å². The number of nitrogens with zero attached hydrogens (tertiary/aromatic N) is 2. The standard InChI is InChI=1S/C23H36N4O2/c1-16-9-8-10-17(2)22(16)18(3)26-11-13-27(14-12-26)21(28)15-20(25-24)19(4)29-23(5,6)7/h8-10,20,25H,3-4,11-15,24H2,1-2,5-7H3/t20-/m0/s1. The Morgan fingerprint density at radius 3 is 2.14 bits per heavy atom. The van der Waals surface area contributed by atoms with Crippen LogP contribution >= 0.6 is 0 Å². The van der Waals surface area contributed by atoms with Crippen LogP contribution in [-0.2, 0) is 9.53 Å². The van der Waals surface area contributed by atoms with Gasteiger partial charge in [-0.1, -0.05) is 31.4 Å². The highest BCUT2D eigenvalue weighted by Crippen LogP contribution is 2.26. The molecule has 0 aromatic heterocycles. The molecule has 160 valence electrons. The van der Waals surface area contributed by atoms with Crippen LogP contribution in [0.5, 0.6) is 0 Å². The number of hydrogen-bond acceptors (Lipinski definition) is 5. The van der Waals surface area contributed by atoms with Gasteiger partial charge in [-0.3, -0.25) is 10.6 Å². The molecule has 0 aliphatic carbocycles. The number of carbonyl (C=O) groups is 1. The van der Waals surface area contributed by atoms with Gasteiger partial charge in [-0.15, -0.1) is 0 Å². The number of hydrazine groups is 1. The van der Waals surface area contributed by atoms with E-state index in [1.807, 2.05) is 25.7 Å². The third kappa shape index (κ3) is 6.08. The quantitative estimate of drug-likeness (QED) is 0.418. The SMILES string of the molecule is C=C(OC(C)(C)C)[C@H](CC(=O)N1CCN(C(=C)c2c(C)cccc2C)CC1)NN. The minimum absolute atomic E-state index is 0.0453. The first kappa shape index (κ1) is 23.0. The van der Waals surface area contributed by atoms with Gasteiger partial charge in [-0.25, -0.2) is 5.43 Å². The monoisotopic (exact) mass is 400 g/mol. The summed E-state index contributed by atoms with van der Waals surface area (Å²) in [7, 11) is 0. The van der Waals surface area contributed by atoms with Gasteiger partial charge in [0, 0.05) is 37.4 Å². The molecular formula is C23H36N4O2. The largest absolute Gasteiger partial charge is 0.491 e. The molecule has 1 heterocycles. The summed E-state index contributed by atoms with van der Waals surface area (Å²) in [5, 5.41) is 0. The van der Waals surface area contributed by atoms with Crippen LogP contribution in [0.25, 0.3) is 5.70 Å². The molecule has 3 N–H and O–H groups in total. The molecule has 1 fully saturated rings. The van der Waals surface area contributed by atoms with E-state index in [9.17, 15) is 4.79 Å². The zero-order valence-electron chi connectivity index (χ0n) is 18.5. The van der Waals surface area contributed by atoms with Crippen molar-refractivity contribution in [2.24, 2.45) is 5.84 Å². The van der Waals surface area contributed by atoms with Gasteiger partial charge in [0.15, 0.2) is 0 Å². The summed E-state index contributed by atoms with van der Waals surface area (Å²) in [6, 6.07) is 5.88. The smallest absolute Gasteiger partial charge is 0.224 e. The minimum Gasteiger partial charge on any atom is -0.491 e. The van der Waals surface area contributed by atoms with E-state index in [0.717, 1.165) is 18.8 Å². The zero-order valence-corrected chi connectivity index (χ0v) is 18.5. The average Bonchev–Trinajstić information content (AvgIpc) is 2.64. The number of carbonyl (C=O) groups excluding carboxylic acids is 1. The Kier molecular flexibility index (Phi) is 7.49. The first-order valence-electron chi connectivity index (χ1n) is 10.2. The molecule has 0 radical (unpaired) electrons. The summed E-state index contributed by atoms with van der Waals surface area (Å²) < 4.78 is 5.77. The molecule has 1 aliphatic rings. The molecule has 0 unspecified atom stereocenters. The fraction of sp³-hybridized carbons (Fsp3) is 0.522. The van der Waals surface area contributed by atoms with E-state index in [2.05, 4.69) is 55.5 Å². The number of ether oxygens (including phenoxy) is 1. The van der Waals surface area contributed by atoms with E-state index in [0.29, 0.717) is 18.8 Å². The summed E-state index contributed by atoms with van der Waals surface area (Å²) in [4.78, 5) is 16.9. The van der Waals surface area contributed by atoms with Crippen molar-refractivity contribution in [2.75, 3.05) is 26.2 Å². The number of aryl methyl sites for hydroxylation is 2. The van der Waals surface area contributed by atoms with Crippen LogP contribution in [-0.4, -0.2) is 53.5 Å². The highest BCUT2D eigenvalue weighted by atomic mass is 16.5.